The van der Waals surface area contributed by atoms with Crippen LogP contribution in [0, 0.1) is 6.92 Å². The molecule has 0 spiro atoms. The Morgan fingerprint density at radius 2 is 2.00 bits per heavy atom. The molecule has 2 amide bonds. The summed E-state index contributed by atoms with van der Waals surface area (Å²) >= 11 is 0. The molecule has 18 heavy (non-hydrogen) atoms. The molecular formula is C12H16N2O4. The van der Waals surface area contributed by atoms with E-state index < -0.39 is 24.1 Å². The Morgan fingerprint density at radius 3 is 2.50 bits per heavy atom. The molecule has 0 heterocycles. The van der Waals surface area contributed by atoms with E-state index in [4.69, 9.17) is 5.11 Å². The maximum atomic E-state index is 11.5. The van der Waals surface area contributed by atoms with Gasteiger partial charge in [-0.15, -0.1) is 0 Å². The average Bonchev–Trinajstić information content (AvgIpc) is 2.25. The Balaban J connectivity index is 2.63. The molecule has 0 aliphatic rings. The monoisotopic (exact) mass is 252 g/mol. The molecule has 1 aromatic carbocycles. The number of hydrogen-bond acceptors (Lipinski definition) is 3. The zero-order valence-electron chi connectivity index (χ0n) is 10.2. The van der Waals surface area contributed by atoms with Gasteiger partial charge >= 0.3 is 12.0 Å². The van der Waals surface area contributed by atoms with Gasteiger partial charge in [-0.05, 0) is 31.5 Å². The summed E-state index contributed by atoms with van der Waals surface area (Å²) in [4.78, 5) is 22.3. The first-order chi connectivity index (χ1) is 8.40. The number of carbonyl (C=O) groups is 2. The summed E-state index contributed by atoms with van der Waals surface area (Å²) in [6.45, 7) is 3.17. The van der Waals surface area contributed by atoms with Gasteiger partial charge in [-0.1, -0.05) is 12.1 Å². The first-order valence-corrected chi connectivity index (χ1v) is 5.45. The highest BCUT2D eigenvalue weighted by Gasteiger charge is 2.24. The van der Waals surface area contributed by atoms with Gasteiger partial charge in [-0.3, -0.25) is 0 Å². The molecule has 6 nitrogen and oxygen atoms in total. The van der Waals surface area contributed by atoms with Crippen molar-refractivity contribution in [2.75, 3.05) is 5.32 Å². The van der Waals surface area contributed by atoms with Crippen molar-refractivity contribution in [3.05, 3.63) is 29.8 Å². The quantitative estimate of drug-likeness (QED) is 0.641. The Kier molecular flexibility index (Phi) is 4.67. The summed E-state index contributed by atoms with van der Waals surface area (Å²) in [5, 5.41) is 22.7. The Hall–Kier alpha value is -2.08. The van der Waals surface area contributed by atoms with Gasteiger partial charge in [0.25, 0.3) is 0 Å². The second kappa shape index (κ2) is 6.02. The zero-order valence-corrected chi connectivity index (χ0v) is 10.2. The molecule has 0 fully saturated rings. The van der Waals surface area contributed by atoms with Gasteiger partial charge in [0.15, 0.2) is 6.04 Å². The zero-order chi connectivity index (χ0) is 13.7. The van der Waals surface area contributed by atoms with Gasteiger partial charge in [0, 0.05) is 5.69 Å². The lowest BCUT2D eigenvalue weighted by Gasteiger charge is -2.17. The van der Waals surface area contributed by atoms with Crippen molar-refractivity contribution in [2.24, 2.45) is 0 Å². The van der Waals surface area contributed by atoms with Crippen LogP contribution in [-0.2, 0) is 4.79 Å². The normalized spacial score (nSPS) is 13.5. The van der Waals surface area contributed by atoms with Gasteiger partial charge in [0.2, 0.25) is 0 Å². The van der Waals surface area contributed by atoms with E-state index in [1.54, 1.807) is 18.2 Å². The fourth-order valence-corrected chi connectivity index (χ4v) is 1.42. The molecule has 0 aliphatic heterocycles. The number of hydrogen-bond donors (Lipinski definition) is 4. The lowest BCUT2D eigenvalue weighted by molar-refractivity contribution is -0.141. The van der Waals surface area contributed by atoms with Crippen LogP contribution in [0.2, 0.25) is 0 Å². The second-order valence-corrected chi connectivity index (χ2v) is 4.02. The molecule has 6 heteroatoms. The number of benzene rings is 1. The number of carbonyl (C=O) groups excluding carboxylic acids is 1. The van der Waals surface area contributed by atoms with Crippen molar-refractivity contribution in [1.82, 2.24) is 5.32 Å². The average molecular weight is 252 g/mol. The summed E-state index contributed by atoms with van der Waals surface area (Å²) in [5.41, 5.74) is 1.53. The van der Waals surface area contributed by atoms with Crippen LogP contribution in [0.4, 0.5) is 10.5 Å². The molecule has 0 radical (unpaired) electrons. The van der Waals surface area contributed by atoms with Crippen molar-refractivity contribution >= 4 is 17.7 Å². The van der Waals surface area contributed by atoms with Crippen LogP contribution in [0.3, 0.4) is 0 Å². The highest BCUT2D eigenvalue weighted by atomic mass is 16.4. The lowest BCUT2D eigenvalue weighted by Crippen LogP contribution is -2.49. The third kappa shape index (κ3) is 4.06. The molecule has 0 bridgehead atoms. The molecule has 1 aromatic rings. The fourth-order valence-electron chi connectivity index (χ4n) is 1.42. The SMILES string of the molecule is Cc1cccc(NC(=O)N[C@H](C(=O)O)[C@@H](C)O)c1. The van der Waals surface area contributed by atoms with E-state index in [2.05, 4.69) is 10.6 Å². The topological polar surface area (TPSA) is 98.7 Å². The van der Waals surface area contributed by atoms with E-state index in [9.17, 15) is 14.7 Å². The third-order valence-corrected chi connectivity index (χ3v) is 2.31. The van der Waals surface area contributed by atoms with E-state index in [0.717, 1.165) is 5.56 Å². The summed E-state index contributed by atoms with van der Waals surface area (Å²) < 4.78 is 0. The number of aliphatic hydroxyl groups is 1. The van der Waals surface area contributed by atoms with Crippen LogP contribution < -0.4 is 10.6 Å². The van der Waals surface area contributed by atoms with E-state index in [1.165, 1.54) is 6.92 Å². The van der Waals surface area contributed by atoms with Crippen LogP contribution >= 0.6 is 0 Å². The minimum atomic E-state index is -1.34. The number of anilines is 1. The second-order valence-electron chi connectivity index (χ2n) is 4.02. The highest BCUT2D eigenvalue weighted by Crippen LogP contribution is 2.09. The maximum Gasteiger partial charge on any atom is 0.328 e. The van der Waals surface area contributed by atoms with Crippen LogP contribution in [0.15, 0.2) is 24.3 Å². The van der Waals surface area contributed by atoms with Crippen LogP contribution in [0.5, 0.6) is 0 Å². The first-order valence-electron chi connectivity index (χ1n) is 5.45. The summed E-state index contributed by atoms with van der Waals surface area (Å²) in [7, 11) is 0. The van der Waals surface area contributed by atoms with E-state index >= 15 is 0 Å². The molecule has 0 aromatic heterocycles. The molecule has 2 atom stereocenters. The van der Waals surface area contributed by atoms with Crippen molar-refractivity contribution in [3.63, 3.8) is 0 Å². The smallest absolute Gasteiger partial charge is 0.328 e. The molecule has 0 aliphatic carbocycles. The van der Waals surface area contributed by atoms with Crippen LogP contribution in [-0.4, -0.2) is 34.4 Å². The number of carboxylic acids is 1. The van der Waals surface area contributed by atoms with Gasteiger partial charge in [0.1, 0.15) is 0 Å². The molecule has 98 valence electrons. The molecule has 1 rings (SSSR count). The fraction of sp³-hybridized carbons (Fsp3) is 0.333. The van der Waals surface area contributed by atoms with Crippen LogP contribution in [0.25, 0.3) is 0 Å². The number of aliphatic hydroxyl groups excluding tert-OH is 1. The number of rotatable bonds is 4. The number of urea groups is 1. The van der Waals surface area contributed by atoms with Crippen molar-refractivity contribution in [2.45, 2.75) is 26.0 Å². The maximum absolute atomic E-state index is 11.5. The number of aryl methyl sites for hydroxylation is 1. The van der Waals surface area contributed by atoms with Gasteiger partial charge < -0.3 is 20.8 Å². The Morgan fingerprint density at radius 1 is 1.33 bits per heavy atom. The number of amides is 2. The van der Waals surface area contributed by atoms with Crippen molar-refractivity contribution in [1.29, 1.82) is 0 Å². The van der Waals surface area contributed by atoms with Gasteiger partial charge in [-0.2, -0.15) is 0 Å². The molecule has 0 unspecified atom stereocenters. The van der Waals surface area contributed by atoms with Gasteiger partial charge in [-0.25, -0.2) is 9.59 Å². The number of aliphatic carboxylic acids is 1. The summed E-state index contributed by atoms with van der Waals surface area (Å²) in [6, 6.07) is 5.07. The standard InChI is InChI=1S/C12H16N2O4/c1-7-4-3-5-9(6-7)13-12(18)14-10(8(2)15)11(16)17/h3-6,8,10,15H,1-2H3,(H,16,17)(H2,13,14,18)/t8-,10+/m1/s1. The highest BCUT2D eigenvalue weighted by molar-refractivity contribution is 5.92. The predicted molar refractivity (Wildman–Crippen MR) is 66.4 cm³/mol. The van der Waals surface area contributed by atoms with Crippen molar-refractivity contribution in [3.8, 4) is 0 Å². The van der Waals surface area contributed by atoms with Crippen molar-refractivity contribution < 1.29 is 19.8 Å². The van der Waals surface area contributed by atoms with E-state index in [-0.39, 0.29) is 0 Å². The Bertz CT molecular complexity index is 445. The summed E-state index contributed by atoms with van der Waals surface area (Å²) in [6.07, 6.45) is -1.18. The molecule has 0 saturated carbocycles. The number of nitrogens with one attached hydrogen (secondary N) is 2. The third-order valence-electron chi connectivity index (χ3n) is 2.31. The summed E-state index contributed by atoms with van der Waals surface area (Å²) in [5.74, 6) is -1.29. The number of carboxylic acid groups (broad SMARTS) is 1. The Labute approximate surface area is 105 Å². The van der Waals surface area contributed by atoms with Gasteiger partial charge in [0.05, 0.1) is 6.10 Å². The first kappa shape index (κ1) is 14.0. The van der Waals surface area contributed by atoms with E-state index in [1.807, 2.05) is 13.0 Å². The largest absolute Gasteiger partial charge is 0.480 e. The minimum absolute atomic E-state index is 0.558. The lowest BCUT2D eigenvalue weighted by atomic mass is 10.2. The predicted octanol–water partition coefficient (Wildman–Crippen LogP) is 0.951. The molecule has 4 N–H and O–H groups in total. The minimum Gasteiger partial charge on any atom is -0.480 e. The van der Waals surface area contributed by atoms with Crippen LogP contribution in [0.1, 0.15) is 12.5 Å². The molecule has 0 saturated heterocycles. The molecular weight excluding hydrogens is 236 g/mol. The van der Waals surface area contributed by atoms with E-state index in [0.29, 0.717) is 5.69 Å².